The fraction of sp³-hybridized carbons (Fsp3) is 0.556. The molecule has 0 radical (unpaired) electrons. The van der Waals surface area contributed by atoms with Crippen LogP contribution in [0.4, 0.5) is 10.6 Å². The number of alkyl carbamates (subject to hydrolysis) is 1. The molecule has 146 valence electrons. The monoisotopic (exact) mass is 374 g/mol. The molecule has 1 aliphatic rings. The van der Waals surface area contributed by atoms with Gasteiger partial charge < -0.3 is 15.4 Å². The van der Waals surface area contributed by atoms with Crippen LogP contribution in [0.25, 0.3) is 0 Å². The number of carbonyl (C=O) groups is 2. The van der Waals surface area contributed by atoms with Gasteiger partial charge in [0, 0.05) is 31.3 Å². The zero-order valence-corrected chi connectivity index (χ0v) is 15.9. The van der Waals surface area contributed by atoms with Gasteiger partial charge in [-0.1, -0.05) is 6.92 Å². The Morgan fingerprint density at radius 3 is 2.89 bits per heavy atom. The van der Waals surface area contributed by atoms with Crippen LogP contribution in [0.2, 0.25) is 0 Å². The third kappa shape index (κ3) is 4.66. The van der Waals surface area contributed by atoms with Crippen molar-refractivity contribution in [1.29, 1.82) is 0 Å². The average molecular weight is 374 g/mol. The molecule has 2 aromatic heterocycles. The largest absolute Gasteiger partial charge is 0.446 e. The first-order valence-electron chi connectivity index (χ1n) is 9.28. The van der Waals surface area contributed by atoms with Crippen molar-refractivity contribution in [2.45, 2.75) is 51.6 Å². The predicted molar refractivity (Wildman–Crippen MR) is 99.6 cm³/mol. The minimum Gasteiger partial charge on any atom is -0.446 e. The smallest absolute Gasteiger partial charge is 0.407 e. The van der Waals surface area contributed by atoms with Crippen molar-refractivity contribution in [3.8, 4) is 0 Å². The molecule has 1 fully saturated rings. The highest BCUT2D eigenvalue weighted by Crippen LogP contribution is 2.35. The molecular formula is C18H26N6O3. The molecule has 0 aliphatic heterocycles. The highest BCUT2D eigenvalue weighted by molar-refractivity contribution is 6.02. The summed E-state index contributed by atoms with van der Waals surface area (Å²) in [4.78, 5) is 24.0. The van der Waals surface area contributed by atoms with Crippen molar-refractivity contribution in [1.82, 2.24) is 25.3 Å². The number of rotatable bonds is 6. The molecule has 9 heteroatoms. The summed E-state index contributed by atoms with van der Waals surface area (Å²) in [5, 5.41) is 16.9. The number of hydrogen-bond acceptors (Lipinski definition) is 5. The number of nitrogens with zero attached hydrogens (tertiary/aromatic N) is 3. The molecule has 1 saturated carbocycles. The number of aromatic nitrogens is 4. The van der Waals surface area contributed by atoms with Gasteiger partial charge in [0.05, 0.1) is 5.69 Å². The second kappa shape index (κ2) is 8.24. The summed E-state index contributed by atoms with van der Waals surface area (Å²) >= 11 is 0. The molecule has 0 unspecified atom stereocenters. The van der Waals surface area contributed by atoms with E-state index in [1.165, 1.54) is 0 Å². The summed E-state index contributed by atoms with van der Waals surface area (Å²) in [6.45, 7) is 4.45. The average Bonchev–Trinajstić information content (AvgIpc) is 3.33. The van der Waals surface area contributed by atoms with Crippen molar-refractivity contribution in [3.63, 3.8) is 0 Å². The summed E-state index contributed by atoms with van der Waals surface area (Å²) in [5.41, 5.74) is 2.20. The lowest BCUT2D eigenvalue weighted by molar-refractivity contribution is 0.0997. The lowest BCUT2D eigenvalue weighted by atomic mass is 10.0. The highest BCUT2D eigenvalue weighted by Gasteiger charge is 2.30. The maximum atomic E-state index is 12.3. The minimum absolute atomic E-state index is 0.0920. The van der Waals surface area contributed by atoms with Crippen molar-refractivity contribution >= 4 is 17.8 Å². The Balaban J connectivity index is 1.54. The first-order chi connectivity index (χ1) is 13.0. The summed E-state index contributed by atoms with van der Waals surface area (Å²) in [5.74, 6) is 0.446. The van der Waals surface area contributed by atoms with Crippen LogP contribution in [0.5, 0.6) is 0 Å². The zero-order valence-electron chi connectivity index (χ0n) is 15.9. The highest BCUT2D eigenvalue weighted by atomic mass is 16.6. The van der Waals surface area contributed by atoms with Gasteiger partial charge in [-0.2, -0.15) is 10.2 Å². The quantitative estimate of drug-likeness (QED) is 0.719. The molecule has 2 aromatic rings. The number of nitrogens with one attached hydrogen (secondary N) is 3. The molecule has 3 rings (SSSR count). The van der Waals surface area contributed by atoms with Crippen molar-refractivity contribution in [2.24, 2.45) is 7.05 Å². The first kappa shape index (κ1) is 18.9. The van der Waals surface area contributed by atoms with E-state index in [2.05, 4.69) is 25.9 Å². The second-order valence-corrected chi connectivity index (χ2v) is 6.92. The van der Waals surface area contributed by atoms with Gasteiger partial charge in [-0.25, -0.2) is 4.79 Å². The van der Waals surface area contributed by atoms with E-state index in [1.807, 2.05) is 19.9 Å². The van der Waals surface area contributed by atoms with E-state index in [-0.39, 0.29) is 24.0 Å². The van der Waals surface area contributed by atoms with E-state index < -0.39 is 0 Å². The predicted octanol–water partition coefficient (Wildman–Crippen LogP) is 2.48. The Labute approximate surface area is 157 Å². The fourth-order valence-corrected chi connectivity index (χ4v) is 3.36. The van der Waals surface area contributed by atoms with Crippen LogP contribution in [-0.2, 0) is 11.8 Å². The minimum atomic E-state index is -0.355. The van der Waals surface area contributed by atoms with Crippen LogP contribution in [0.1, 0.15) is 60.4 Å². The van der Waals surface area contributed by atoms with E-state index in [9.17, 15) is 9.59 Å². The molecule has 0 aromatic carbocycles. The number of aryl methyl sites for hydroxylation is 2. The maximum Gasteiger partial charge on any atom is 0.407 e. The lowest BCUT2D eigenvalue weighted by Gasteiger charge is -2.12. The summed E-state index contributed by atoms with van der Waals surface area (Å²) in [6.07, 6.45) is 2.90. The SMILES string of the molecule is CCCNC(=O)O[C@H]1CC[C@@H](c2cc(NC(=O)c3cc(C)nn3C)n[nH]2)C1. The number of amides is 2. The third-order valence-electron chi connectivity index (χ3n) is 4.69. The maximum absolute atomic E-state index is 12.3. The molecule has 1 aliphatic carbocycles. The van der Waals surface area contributed by atoms with Crippen LogP contribution in [0, 0.1) is 6.92 Å². The van der Waals surface area contributed by atoms with Crippen LogP contribution in [0.3, 0.4) is 0 Å². The van der Waals surface area contributed by atoms with Gasteiger partial charge in [-0.05, 0) is 38.7 Å². The van der Waals surface area contributed by atoms with Crippen LogP contribution < -0.4 is 10.6 Å². The fourth-order valence-electron chi connectivity index (χ4n) is 3.36. The topological polar surface area (TPSA) is 114 Å². The number of anilines is 1. The summed E-state index contributed by atoms with van der Waals surface area (Å²) in [6, 6.07) is 3.57. The van der Waals surface area contributed by atoms with Crippen molar-refractivity contribution in [3.05, 3.63) is 29.2 Å². The Hall–Kier alpha value is -2.84. The normalized spacial score (nSPS) is 19.1. The van der Waals surface area contributed by atoms with Crippen LogP contribution >= 0.6 is 0 Å². The zero-order chi connectivity index (χ0) is 19.4. The van der Waals surface area contributed by atoms with Gasteiger partial charge in [0.15, 0.2) is 5.82 Å². The molecule has 0 spiro atoms. The Bertz CT molecular complexity index is 812. The van der Waals surface area contributed by atoms with Gasteiger partial charge >= 0.3 is 6.09 Å². The molecule has 0 bridgehead atoms. The van der Waals surface area contributed by atoms with Gasteiger partial charge in [0.2, 0.25) is 0 Å². The van der Waals surface area contributed by atoms with E-state index in [1.54, 1.807) is 17.8 Å². The number of ether oxygens (including phenoxy) is 1. The van der Waals surface area contributed by atoms with E-state index in [0.717, 1.165) is 37.1 Å². The van der Waals surface area contributed by atoms with E-state index in [4.69, 9.17) is 4.74 Å². The lowest BCUT2D eigenvalue weighted by Crippen LogP contribution is -2.28. The standard InChI is InChI=1S/C18H26N6O3/c1-4-7-19-18(26)27-13-6-5-12(9-13)14-10-16(22-21-14)20-17(25)15-8-11(2)23-24(15)3/h8,10,12-13H,4-7,9H2,1-3H3,(H,19,26)(H2,20,21,22,25)/t12-,13+/m1/s1. The number of H-pyrrole nitrogens is 1. The number of carbonyl (C=O) groups excluding carboxylic acids is 2. The molecular weight excluding hydrogens is 348 g/mol. The number of aromatic amines is 1. The van der Waals surface area contributed by atoms with E-state index in [0.29, 0.717) is 18.1 Å². The summed E-state index contributed by atoms with van der Waals surface area (Å²) < 4.78 is 6.99. The van der Waals surface area contributed by atoms with Crippen LogP contribution in [-0.4, -0.2) is 44.6 Å². The van der Waals surface area contributed by atoms with E-state index >= 15 is 0 Å². The van der Waals surface area contributed by atoms with Gasteiger partial charge in [0.25, 0.3) is 5.91 Å². The Morgan fingerprint density at radius 1 is 1.37 bits per heavy atom. The molecule has 0 saturated heterocycles. The Kier molecular flexibility index (Phi) is 5.78. The number of hydrogen-bond donors (Lipinski definition) is 3. The third-order valence-corrected chi connectivity index (χ3v) is 4.69. The van der Waals surface area contributed by atoms with Gasteiger partial charge in [-0.15, -0.1) is 0 Å². The Morgan fingerprint density at radius 2 is 2.19 bits per heavy atom. The summed E-state index contributed by atoms with van der Waals surface area (Å²) in [7, 11) is 1.73. The van der Waals surface area contributed by atoms with Crippen molar-refractivity contribution in [2.75, 3.05) is 11.9 Å². The molecule has 27 heavy (non-hydrogen) atoms. The molecule has 3 N–H and O–H groups in total. The first-order valence-corrected chi connectivity index (χ1v) is 9.28. The van der Waals surface area contributed by atoms with Crippen molar-refractivity contribution < 1.29 is 14.3 Å². The molecule has 2 heterocycles. The molecule has 2 atom stereocenters. The van der Waals surface area contributed by atoms with Crippen LogP contribution in [0.15, 0.2) is 12.1 Å². The second-order valence-electron chi connectivity index (χ2n) is 6.92. The van der Waals surface area contributed by atoms with Gasteiger partial charge in [-0.3, -0.25) is 14.6 Å². The molecule has 9 nitrogen and oxygen atoms in total. The molecule has 2 amide bonds. The van der Waals surface area contributed by atoms with Gasteiger partial charge in [0.1, 0.15) is 11.8 Å².